The Labute approximate surface area is 169 Å². The Bertz CT molecular complexity index is 918. The summed E-state index contributed by atoms with van der Waals surface area (Å²) in [4.78, 5) is 43.1. The molecule has 1 aliphatic carbocycles. The lowest BCUT2D eigenvalue weighted by atomic mass is 9.94. The molecule has 2 N–H and O–H groups in total. The number of hydrogen-bond acceptors (Lipinski definition) is 4. The van der Waals surface area contributed by atoms with E-state index in [1.165, 1.54) is 4.90 Å². The molecule has 1 atom stereocenters. The van der Waals surface area contributed by atoms with Crippen LogP contribution < -0.4 is 10.6 Å². The summed E-state index contributed by atoms with van der Waals surface area (Å²) in [6.07, 6.45) is 6.45. The van der Waals surface area contributed by atoms with Crippen molar-refractivity contribution >= 4 is 23.8 Å². The highest BCUT2D eigenvalue weighted by molar-refractivity contribution is 6.07. The number of nitrogens with zero attached hydrogens (tertiary/aromatic N) is 3. The van der Waals surface area contributed by atoms with Gasteiger partial charge in [-0.25, -0.2) is 9.78 Å². The Morgan fingerprint density at radius 3 is 2.62 bits per heavy atom. The van der Waals surface area contributed by atoms with Gasteiger partial charge in [-0.15, -0.1) is 0 Å². The highest BCUT2D eigenvalue weighted by Gasteiger charge is 2.42. The second kappa shape index (κ2) is 8.06. The third kappa shape index (κ3) is 3.87. The van der Waals surface area contributed by atoms with Crippen LogP contribution in [0.1, 0.15) is 38.5 Å². The van der Waals surface area contributed by atoms with Crippen LogP contribution in [0.5, 0.6) is 0 Å². The number of rotatable bonds is 5. The fourth-order valence-corrected chi connectivity index (χ4v) is 4.14. The lowest BCUT2D eigenvalue weighted by molar-refractivity contribution is -0.131. The molecule has 4 amide bonds. The number of benzene rings is 1. The molecule has 8 nitrogen and oxygen atoms in total. The minimum atomic E-state index is -0.821. The van der Waals surface area contributed by atoms with Crippen LogP contribution in [0.4, 0.5) is 10.7 Å². The van der Waals surface area contributed by atoms with Crippen molar-refractivity contribution in [1.82, 2.24) is 19.8 Å². The normalized spacial score (nSPS) is 20.0. The van der Waals surface area contributed by atoms with Gasteiger partial charge < -0.3 is 9.88 Å². The van der Waals surface area contributed by atoms with Crippen molar-refractivity contribution in [3.8, 4) is 11.3 Å². The highest BCUT2D eigenvalue weighted by Crippen LogP contribution is 2.26. The lowest BCUT2D eigenvalue weighted by Gasteiger charge is -2.28. The van der Waals surface area contributed by atoms with Crippen molar-refractivity contribution in [3.05, 3.63) is 36.5 Å². The highest BCUT2D eigenvalue weighted by atomic mass is 16.2. The minimum absolute atomic E-state index is 0.0488. The number of imidazole rings is 1. The molecule has 0 bridgehead atoms. The molecular weight excluding hydrogens is 370 g/mol. The molecule has 2 aliphatic rings. The van der Waals surface area contributed by atoms with Gasteiger partial charge in [-0.1, -0.05) is 49.6 Å². The molecule has 1 aliphatic heterocycles. The molecule has 152 valence electrons. The number of aromatic nitrogens is 2. The molecule has 1 aromatic heterocycles. The number of urea groups is 1. The van der Waals surface area contributed by atoms with Gasteiger partial charge in [-0.3, -0.25) is 19.8 Å². The van der Waals surface area contributed by atoms with E-state index in [9.17, 15) is 14.4 Å². The van der Waals surface area contributed by atoms with E-state index in [-0.39, 0.29) is 30.3 Å². The monoisotopic (exact) mass is 395 g/mol. The van der Waals surface area contributed by atoms with Crippen LogP contribution in [-0.4, -0.2) is 44.4 Å². The molecule has 2 aromatic rings. The second-order valence-corrected chi connectivity index (χ2v) is 7.65. The van der Waals surface area contributed by atoms with Gasteiger partial charge in [-0.2, -0.15) is 0 Å². The van der Waals surface area contributed by atoms with Gasteiger partial charge in [0.2, 0.25) is 11.9 Å². The van der Waals surface area contributed by atoms with Gasteiger partial charge in [0.05, 0.1) is 18.3 Å². The van der Waals surface area contributed by atoms with Crippen LogP contribution >= 0.6 is 0 Å². The number of carbonyl (C=O) groups is 3. The summed E-state index contributed by atoms with van der Waals surface area (Å²) >= 11 is 0. The van der Waals surface area contributed by atoms with Crippen LogP contribution in [0.3, 0.4) is 0 Å². The minimum Gasteiger partial charge on any atom is -0.325 e. The predicted molar refractivity (Wildman–Crippen MR) is 108 cm³/mol. The maximum absolute atomic E-state index is 12.7. The summed E-state index contributed by atoms with van der Waals surface area (Å²) in [5.74, 6) is -0.265. The van der Waals surface area contributed by atoms with E-state index in [2.05, 4.69) is 15.6 Å². The summed E-state index contributed by atoms with van der Waals surface area (Å²) in [5, 5.41) is 5.41. The SMILES string of the molecule is Cn1c(-c2ccccc2)cnc1NC(=O)C[C@H]1NC(=O)N(C2CCCCC2)C1=O. The number of nitrogens with one attached hydrogen (secondary N) is 2. The van der Waals surface area contributed by atoms with Crippen LogP contribution in [0.2, 0.25) is 0 Å². The van der Waals surface area contributed by atoms with Crippen molar-refractivity contribution in [2.75, 3.05) is 5.32 Å². The van der Waals surface area contributed by atoms with E-state index in [0.29, 0.717) is 5.95 Å². The van der Waals surface area contributed by atoms with Crippen LogP contribution in [0, 0.1) is 0 Å². The van der Waals surface area contributed by atoms with E-state index < -0.39 is 6.04 Å². The van der Waals surface area contributed by atoms with Crippen molar-refractivity contribution in [1.29, 1.82) is 0 Å². The largest absolute Gasteiger partial charge is 0.325 e. The molecule has 0 unspecified atom stereocenters. The Morgan fingerprint density at radius 2 is 1.90 bits per heavy atom. The first-order valence-corrected chi connectivity index (χ1v) is 10.0. The fraction of sp³-hybridized carbons (Fsp3) is 0.429. The maximum atomic E-state index is 12.7. The summed E-state index contributed by atoms with van der Waals surface area (Å²) in [7, 11) is 1.82. The Kier molecular flexibility index (Phi) is 5.33. The number of imide groups is 1. The van der Waals surface area contributed by atoms with Crippen LogP contribution in [0.25, 0.3) is 11.3 Å². The third-order valence-electron chi connectivity index (χ3n) is 5.69. The fourth-order valence-electron chi connectivity index (χ4n) is 4.14. The van der Waals surface area contributed by atoms with Crippen molar-refractivity contribution in [2.45, 2.75) is 50.6 Å². The number of carbonyl (C=O) groups excluding carboxylic acids is 3. The molecule has 1 aromatic carbocycles. The van der Waals surface area contributed by atoms with Crippen LogP contribution in [0.15, 0.2) is 36.5 Å². The Balaban J connectivity index is 1.40. The molecule has 1 saturated heterocycles. The summed E-state index contributed by atoms with van der Waals surface area (Å²) in [6, 6.07) is 8.49. The van der Waals surface area contributed by atoms with Gasteiger partial charge in [-0.05, 0) is 18.4 Å². The smallest absolute Gasteiger partial charge is 0.325 e. The molecule has 4 rings (SSSR count). The lowest BCUT2D eigenvalue weighted by Crippen LogP contribution is -2.42. The number of hydrogen-bond donors (Lipinski definition) is 2. The molecule has 0 spiro atoms. The predicted octanol–water partition coefficient (Wildman–Crippen LogP) is 2.67. The molecule has 8 heteroatoms. The van der Waals surface area contributed by atoms with E-state index in [4.69, 9.17) is 0 Å². The number of anilines is 1. The summed E-state index contributed by atoms with van der Waals surface area (Å²) in [6.45, 7) is 0. The quantitative estimate of drug-likeness (QED) is 0.761. The van der Waals surface area contributed by atoms with Crippen molar-refractivity contribution < 1.29 is 14.4 Å². The third-order valence-corrected chi connectivity index (χ3v) is 5.69. The molecule has 0 radical (unpaired) electrons. The molecule has 2 heterocycles. The van der Waals surface area contributed by atoms with Gasteiger partial charge in [0.1, 0.15) is 6.04 Å². The Morgan fingerprint density at radius 1 is 1.17 bits per heavy atom. The van der Waals surface area contributed by atoms with E-state index >= 15 is 0 Å². The first-order chi connectivity index (χ1) is 14.0. The zero-order chi connectivity index (χ0) is 20.4. The first-order valence-electron chi connectivity index (χ1n) is 10.0. The van der Waals surface area contributed by atoms with Gasteiger partial charge in [0, 0.05) is 13.1 Å². The summed E-state index contributed by atoms with van der Waals surface area (Å²) < 4.78 is 1.79. The molecule has 2 fully saturated rings. The van der Waals surface area contributed by atoms with E-state index in [0.717, 1.165) is 43.4 Å². The first kappa shape index (κ1) is 19.2. The zero-order valence-electron chi connectivity index (χ0n) is 16.4. The Hall–Kier alpha value is -3.16. The average Bonchev–Trinajstić information content (AvgIpc) is 3.22. The van der Waals surface area contributed by atoms with Gasteiger partial charge in [0.25, 0.3) is 5.91 Å². The maximum Gasteiger partial charge on any atom is 0.325 e. The second-order valence-electron chi connectivity index (χ2n) is 7.65. The molecule has 29 heavy (non-hydrogen) atoms. The number of amides is 4. The van der Waals surface area contributed by atoms with E-state index in [1.54, 1.807) is 10.8 Å². The molecular formula is C21H25N5O3. The van der Waals surface area contributed by atoms with Crippen LogP contribution in [-0.2, 0) is 16.6 Å². The standard InChI is InChI=1S/C21H25N5O3/c1-25-17(14-8-4-2-5-9-14)13-22-20(25)24-18(27)12-16-19(28)26(21(29)23-16)15-10-6-3-7-11-15/h2,4-5,8-9,13,15-16H,3,6-7,10-12H2,1H3,(H,23,29)(H,22,24,27)/t16-/m1/s1. The van der Waals surface area contributed by atoms with Crippen molar-refractivity contribution in [3.63, 3.8) is 0 Å². The topological polar surface area (TPSA) is 96.3 Å². The van der Waals surface area contributed by atoms with Crippen molar-refractivity contribution in [2.24, 2.45) is 7.05 Å². The van der Waals surface area contributed by atoms with E-state index in [1.807, 2.05) is 37.4 Å². The summed E-state index contributed by atoms with van der Waals surface area (Å²) in [5.41, 5.74) is 1.86. The van der Waals surface area contributed by atoms with Gasteiger partial charge in [0.15, 0.2) is 0 Å². The average molecular weight is 395 g/mol. The van der Waals surface area contributed by atoms with Gasteiger partial charge >= 0.3 is 6.03 Å². The molecule has 1 saturated carbocycles. The zero-order valence-corrected chi connectivity index (χ0v) is 16.4.